The lowest BCUT2D eigenvalue weighted by atomic mass is 10.0. The van der Waals surface area contributed by atoms with Gasteiger partial charge in [0.1, 0.15) is 6.10 Å². The molecule has 0 bridgehead atoms. The van der Waals surface area contributed by atoms with Gasteiger partial charge in [-0.05, 0) is 47.3 Å². The summed E-state index contributed by atoms with van der Waals surface area (Å²) in [5.74, 6) is -0.419. The maximum atomic E-state index is 13.3. The van der Waals surface area contributed by atoms with E-state index in [-0.39, 0.29) is 11.1 Å². The molecule has 4 rings (SSSR count). The highest BCUT2D eigenvalue weighted by atomic mass is 28.4. The summed E-state index contributed by atoms with van der Waals surface area (Å²) in [4.78, 5) is 13.3. The molecule has 222 valence electrons. The van der Waals surface area contributed by atoms with Crippen molar-refractivity contribution in [2.75, 3.05) is 0 Å². The van der Waals surface area contributed by atoms with Gasteiger partial charge in [0.15, 0.2) is 12.4 Å². The number of hydrogen-bond acceptors (Lipinski definition) is 5. The second-order valence-corrected chi connectivity index (χ2v) is 16.1. The molecule has 0 N–H and O–H groups in total. The first kappa shape index (κ1) is 31.6. The van der Waals surface area contributed by atoms with Crippen LogP contribution in [0.2, 0.25) is 5.04 Å². The van der Waals surface area contributed by atoms with E-state index in [0.717, 1.165) is 12.8 Å². The molecule has 6 heteroatoms. The van der Waals surface area contributed by atoms with E-state index in [0.29, 0.717) is 12.0 Å². The van der Waals surface area contributed by atoms with E-state index >= 15 is 0 Å². The maximum absolute atomic E-state index is 13.3. The van der Waals surface area contributed by atoms with Gasteiger partial charge in [-0.25, -0.2) is 4.79 Å². The van der Waals surface area contributed by atoms with E-state index in [1.54, 1.807) is 18.2 Å². The minimum Gasteiger partial charge on any atom is -0.453 e. The Morgan fingerprint density at radius 3 is 1.98 bits per heavy atom. The fourth-order valence-corrected chi connectivity index (χ4v) is 10.4. The standard InChI is InChI=1S/C36H44O5Si/c1-7-9-19-27(3)38-35-33(39-34(37)28-20-13-10-14-21-28)26-32(31(8-2)40-35)41-42(36(4,5)6,29-22-15-11-16-23-29)30-24-17-12-18-25-30/h7-8,10-18,20-25,27,31-33,35H,1-2,9,19,26H2,3-6H3/t27-,31+,32-,33-,35-/m1/s1. The largest absolute Gasteiger partial charge is 0.453 e. The zero-order valence-corrected chi connectivity index (χ0v) is 26.3. The molecule has 1 fully saturated rings. The van der Waals surface area contributed by atoms with Gasteiger partial charge in [-0.1, -0.05) is 112 Å². The van der Waals surface area contributed by atoms with Crippen LogP contribution in [0.15, 0.2) is 116 Å². The number of benzene rings is 3. The third-order valence-electron chi connectivity index (χ3n) is 7.81. The molecule has 1 saturated heterocycles. The van der Waals surface area contributed by atoms with Crippen LogP contribution in [-0.2, 0) is 18.6 Å². The summed E-state index contributed by atoms with van der Waals surface area (Å²) in [6.07, 6.45) is 3.19. The van der Waals surface area contributed by atoms with Crippen LogP contribution in [0.3, 0.4) is 0 Å². The number of ether oxygens (including phenoxy) is 3. The molecule has 5 nitrogen and oxygen atoms in total. The highest BCUT2D eigenvalue weighted by molar-refractivity contribution is 6.99. The lowest BCUT2D eigenvalue weighted by Gasteiger charge is -2.48. The van der Waals surface area contributed by atoms with Crippen molar-refractivity contribution < 1.29 is 23.4 Å². The maximum Gasteiger partial charge on any atom is 0.338 e. The number of carbonyl (C=O) groups excluding carboxylic acids is 1. The minimum atomic E-state index is -2.92. The molecular weight excluding hydrogens is 540 g/mol. The van der Waals surface area contributed by atoms with Gasteiger partial charge in [0.05, 0.1) is 17.8 Å². The fourth-order valence-electron chi connectivity index (χ4n) is 5.70. The summed E-state index contributed by atoms with van der Waals surface area (Å²) >= 11 is 0. The van der Waals surface area contributed by atoms with Crippen molar-refractivity contribution in [3.63, 3.8) is 0 Å². The summed E-state index contributed by atoms with van der Waals surface area (Å²) in [5, 5.41) is 2.10. The van der Waals surface area contributed by atoms with Crippen LogP contribution in [0.1, 0.15) is 57.3 Å². The molecule has 0 saturated carbocycles. The van der Waals surface area contributed by atoms with E-state index in [1.165, 1.54) is 10.4 Å². The summed E-state index contributed by atoms with van der Waals surface area (Å²) < 4.78 is 26.4. The first-order valence-electron chi connectivity index (χ1n) is 14.8. The Kier molecular flexibility index (Phi) is 10.7. The Morgan fingerprint density at radius 2 is 1.48 bits per heavy atom. The van der Waals surface area contributed by atoms with E-state index in [1.807, 2.05) is 43.3 Å². The van der Waals surface area contributed by atoms with Crippen LogP contribution in [0, 0.1) is 0 Å². The third-order valence-corrected chi connectivity index (χ3v) is 12.9. The van der Waals surface area contributed by atoms with Gasteiger partial charge in [0, 0.05) is 6.42 Å². The summed E-state index contributed by atoms with van der Waals surface area (Å²) in [6.45, 7) is 16.6. The van der Waals surface area contributed by atoms with E-state index < -0.39 is 38.9 Å². The van der Waals surface area contributed by atoms with Crippen molar-refractivity contribution in [1.29, 1.82) is 0 Å². The number of esters is 1. The SMILES string of the molecule is C=CCC[C@@H](C)O[C@@H]1O[C@@H](C=C)[C@H](O[Si](c2ccccc2)(c2ccccc2)C(C)(C)C)C[C@H]1OC(=O)c1ccccc1. The number of hydrogen-bond donors (Lipinski definition) is 0. The highest BCUT2D eigenvalue weighted by Gasteiger charge is 2.54. The Balaban J connectivity index is 1.73. The van der Waals surface area contributed by atoms with Crippen LogP contribution < -0.4 is 10.4 Å². The Bertz CT molecular complexity index is 1250. The van der Waals surface area contributed by atoms with Crippen LogP contribution in [0.5, 0.6) is 0 Å². The molecule has 0 amide bonds. The van der Waals surface area contributed by atoms with Crippen molar-refractivity contribution in [2.24, 2.45) is 0 Å². The van der Waals surface area contributed by atoms with E-state index in [4.69, 9.17) is 18.6 Å². The molecule has 0 unspecified atom stereocenters. The predicted molar refractivity (Wildman–Crippen MR) is 172 cm³/mol. The second kappa shape index (κ2) is 14.3. The van der Waals surface area contributed by atoms with Crippen molar-refractivity contribution in [1.82, 2.24) is 0 Å². The zero-order valence-electron chi connectivity index (χ0n) is 25.3. The molecule has 3 aromatic carbocycles. The third kappa shape index (κ3) is 7.19. The van der Waals surface area contributed by atoms with Crippen LogP contribution in [0.25, 0.3) is 0 Å². The summed E-state index contributed by atoms with van der Waals surface area (Å²) in [5.41, 5.74) is 0.478. The van der Waals surface area contributed by atoms with Crippen molar-refractivity contribution in [2.45, 2.75) is 82.7 Å². The van der Waals surface area contributed by atoms with Gasteiger partial charge in [-0.2, -0.15) is 0 Å². The van der Waals surface area contributed by atoms with Gasteiger partial charge in [-0.15, -0.1) is 13.2 Å². The van der Waals surface area contributed by atoms with Crippen LogP contribution in [0.4, 0.5) is 0 Å². The minimum absolute atomic E-state index is 0.120. The first-order valence-corrected chi connectivity index (χ1v) is 16.7. The Labute approximate surface area is 252 Å². The Hall–Kier alpha value is -3.29. The van der Waals surface area contributed by atoms with E-state index in [9.17, 15) is 4.79 Å². The van der Waals surface area contributed by atoms with Gasteiger partial charge < -0.3 is 18.6 Å². The molecular formula is C36H44O5Si. The summed E-state index contributed by atoms with van der Waals surface area (Å²) in [6, 6.07) is 30.0. The number of allylic oxidation sites excluding steroid dienone is 1. The van der Waals surface area contributed by atoms with Crippen LogP contribution in [-0.4, -0.2) is 45.0 Å². The van der Waals surface area contributed by atoms with E-state index in [2.05, 4.69) is 82.5 Å². The molecule has 0 aliphatic carbocycles. The molecule has 5 atom stereocenters. The molecule has 1 aliphatic heterocycles. The smallest absolute Gasteiger partial charge is 0.338 e. The van der Waals surface area contributed by atoms with Gasteiger partial charge in [0.2, 0.25) is 0 Å². The molecule has 0 aromatic heterocycles. The van der Waals surface area contributed by atoms with Gasteiger partial charge >= 0.3 is 5.97 Å². The van der Waals surface area contributed by atoms with Crippen molar-refractivity contribution in [3.8, 4) is 0 Å². The topological polar surface area (TPSA) is 54.0 Å². The zero-order chi connectivity index (χ0) is 30.2. The van der Waals surface area contributed by atoms with Crippen molar-refractivity contribution >= 4 is 24.7 Å². The molecule has 1 heterocycles. The second-order valence-electron chi connectivity index (χ2n) is 11.9. The van der Waals surface area contributed by atoms with Crippen LogP contribution >= 0.6 is 0 Å². The monoisotopic (exact) mass is 584 g/mol. The first-order chi connectivity index (χ1) is 20.2. The molecule has 0 radical (unpaired) electrons. The normalized spacial score (nSPS) is 21.7. The molecule has 3 aromatic rings. The van der Waals surface area contributed by atoms with Crippen molar-refractivity contribution in [3.05, 3.63) is 122 Å². The highest BCUT2D eigenvalue weighted by Crippen LogP contribution is 2.40. The average Bonchev–Trinajstić information content (AvgIpc) is 3.00. The lowest BCUT2D eigenvalue weighted by molar-refractivity contribution is -0.264. The quantitative estimate of drug-likeness (QED) is 0.133. The average molecular weight is 585 g/mol. The molecule has 0 spiro atoms. The number of carbonyl (C=O) groups is 1. The lowest BCUT2D eigenvalue weighted by Crippen LogP contribution is -2.69. The molecule has 42 heavy (non-hydrogen) atoms. The van der Waals surface area contributed by atoms with Gasteiger partial charge in [0.25, 0.3) is 8.32 Å². The van der Waals surface area contributed by atoms with Gasteiger partial charge in [-0.3, -0.25) is 0 Å². The molecule has 1 aliphatic rings. The predicted octanol–water partition coefficient (Wildman–Crippen LogP) is 6.83. The fraction of sp³-hybridized carbons (Fsp3) is 0.361. The summed E-state index contributed by atoms with van der Waals surface area (Å²) in [7, 11) is -2.92. The number of rotatable bonds is 12. The Morgan fingerprint density at radius 1 is 0.929 bits per heavy atom.